The number of cyclic esters (lactones) is 1. The quantitative estimate of drug-likeness (QED) is 0.492. The molecule has 2 unspecified atom stereocenters. The van der Waals surface area contributed by atoms with E-state index in [1.54, 1.807) is 33.1 Å². The molecule has 3 aliphatic rings. The van der Waals surface area contributed by atoms with Crippen LogP contribution in [0.4, 0.5) is 15.3 Å². The molecular weight excluding hydrogens is 498 g/mol. The highest BCUT2D eigenvalue weighted by Crippen LogP contribution is 2.62. The average molecular weight is 528 g/mol. The van der Waals surface area contributed by atoms with Crippen molar-refractivity contribution in [2.24, 2.45) is 11.8 Å². The zero-order chi connectivity index (χ0) is 27.4. The summed E-state index contributed by atoms with van der Waals surface area (Å²) in [5.74, 6) is 0.113. The number of hydrogen-bond acceptors (Lipinski definition) is 8. The number of fused-ring (bicyclic) bond motifs is 1. The number of pyridine rings is 1. The van der Waals surface area contributed by atoms with Crippen LogP contribution in [-0.2, 0) is 21.4 Å². The lowest BCUT2D eigenvalue weighted by atomic mass is 9.95. The molecule has 3 aromatic rings. The van der Waals surface area contributed by atoms with E-state index in [0.29, 0.717) is 26.2 Å². The van der Waals surface area contributed by atoms with Gasteiger partial charge in [0.1, 0.15) is 17.1 Å². The van der Waals surface area contributed by atoms with Crippen LogP contribution in [0.2, 0.25) is 0 Å². The van der Waals surface area contributed by atoms with E-state index in [-0.39, 0.29) is 30.1 Å². The van der Waals surface area contributed by atoms with Crippen molar-refractivity contribution in [3.8, 4) is 17.2 Å². The predicted molar refractivity (Wildman–Crippen MR) is 139 cm³/mol. The summed E-state index contributed by atoms with van der Waals surface area (Å²) in [7, 11) is 0. The van der Waals surface area contributed by atoms with Crippen LogP contribution in [-0.4, -0.2) is 68.4 Å². The van der Waals surface area contributed by atoms with E-state index in [1.165, 1.54) is 0 Å². The second-order valence-corrected chi connectivity index (χ2v) is 11.3. The number of aromatic nitrogens is 4. The number of rotatable bonds is 5. The lowest BCUT2D eigenvalue weighted by Crippen LogP contribution is -2.39. The number of likely N-dealkylation sites (tertiary alicyclic amines) is 1. The summed E-state index contributed by atoms with van der Waals surface area (Å²) >= 11 is 0. The van der Waals surface area contributed by atoms with Crippen molar-refractivity contribution in [2.75, 3.05) is 24.5 Å². The number of amides is 2. The maximum atomic E-state index is 12.4. The summed E-state index contributed by atoms with van der Waals surface area (Å²) in [5, 5.41) is 17.8. The molecule has 0 radical (unpaired) electrons. The number of anilines is 1. The number of nitrogens with zero attached hydrogens (tertiary/aromatic N) is 7. The molecule has 1 aliphatic carbocycles. The van der Waals surface area contributed by atoms with E-state index in [2.05, 4.69) is 21.4 Å². The molecule has 2 aromatic heterocycles. The Bertz CT molecular complexity index is 1410. The van der Waals surface area contributed by atoms with Crippen molar-refractivity contribution in [1.29, 1.82) is 5.26 Å². The number of carbonyl (C=O) groups excluding carboxylic acids is 2. The normalized spacial score (nSPS) is 25.7. The highest BCUT2D eigenvalue weighted by molar-refractivity contribution is 5.90. The van der Waals surface area contributed by atoms with Gasteiger partial charge in [0, 0.05) is 48.6 Å². The zero-order valence-corrected chi connectivity index (χ0v) is 22.0. The van der Waals surface area contributed by atoms with E-state index in [0.717, 1.165) is 22.5 Å². The molecule has 6 rings (SSSR count). The molecule has 0 bridgehead atoms. The van der Waals surface area contributed by atoms with Crippen LogP contribution < -0.4 is 4.90 Å². The maximum Gasteiger partial charge on any atom is 0.414 e. The van der Waals surface area contributed by atoms with Gasteiger partial charge in [-0.25, -0.2) is 14.3 Å². The lowest BCUT2D eigenvalue weighted by Gasteiger charge is -2.27. The van der Waals surface area contributed by atoms with Crippen molar-refractivity contribution in [3.63, 3.8) is 0 Å². The topological polar surface area (TPSA) is 126 Å². The first-order valence-electron chi connectivity index (χ1n) is 13.0. The maximum absolute atomic E-state index is 12.4. The van der Waals surface area contributed by atoms with Crippen LogP contribution in [0.5, 0.6) is 0 Å². The fourth-order valence-electron chi connectivity index (χ4n) is 5.72. The highest BCUT2D eigenvalue weighted by atomic mass is 16.6. The third kappa shape index (κ3) is 4.46. The Morgan fingerprint density at radius 2 is 1.85 bits per heavy atom. The van der Waals surface area contributed by atoms with Gasteiger partial charge in [0.15, 0.2) is 0 Å². The summed E-state index contributed by atoms with van der Waals surface area (Å²) in [5.41, 5.74) is 2.13. The smallest absolute Gasteiger partial charge is 0.414 e. The van der Waals surface area contributed by atoms with Crippen molar-refractivity contribution < 1.29 is 19.1 Å². The third-order valence-corrected chi connectivity index (χ3v) is 7.65. The molecule has 39 heavy (non-hydrogen) atoms. The fourth-order valence-corrected chi connectivity index (χ4v) is 5.72. The minimum absolute atomic E-state index is 0.0567. The molecule has 0 N–H and O–H groups in total. The number of ether oxygens (including phenoxy) is 2. The largest absolute Gasteiger partial charge is 0.444 e. The molecule has 3 fully saturated rings. The Morgan fingerprint density at radius 3 is 2.44 bits per heavy atom. The molecule has 1 saturated carbocycles. The Kier molecular flexibility index (Phi) is 5.79. The summed E-state index contributed by atoms with van der Waals surface area (Å²) < 4.78 is 12.6. The van der Waals surface area contributed by atoms with Crippen LogP contribution in [0.15, 0.2) is 55.0 Å². The van der Waals surface area contributed by atoms with Crippen molar-refractivity contribution in [3.05, 3.63) is 60.7 Å². The van der Waals surface area contributed by atoms with E-state index in [9.17, 15) is 14.9 Å². The number of piperidine rings is 1. The Hall–Kier alpha value is -4.46. The second kappa shape index (κ2) is 9.08. The van der Waals surface area contributed by atoms with Gasteiger partial charge in [-0.1, -0.05) is 23.4 Å². The molecule has 1 aromatic carbocycles. The number of hydrogen-bond donors (Lipinski definition) is 0. The molecule has 2 aliphatic heterocycles. The van der Waals surface area contributed by atoms with Crippen molar-refractivity contribution in [2.45, 2.75) is 44.4 Å². The van der Waals surface area contributed by atoms with Gasteiger partial charge in [0.2, 0.25) is 0 Å². The molecular formula is C28H29N7O4. The molecule has 2 saturated heterocycles. The van der Waals surface area contributed by atoms with Crippen LogP contribution in [0.1, 0.15) is 26.5 Å². The van der Waals surface area contributed by atoms with Crippen molar-refractivity contribution >= 4 is 17.9 Å². The van der Waals surface area contributed by atoms with Crippen molar-refractivity contribution in [1.82, 2.24) is 24.9 Å². The van der Waals surface area contributed by atoms with Gasteiger partial charge < -0.3 is 14.4 Å². The van der Waals surface area contributed by atoms with Crippen LogP contribution in [0.3, 0.4) is 0 Å². The second-order valence-electron chi connectivity index (χ2n) is 11.3. The first kappa shape index (κ1) is 24.9. The van der Waals surface area contributed by atoms with Gasteiger partial charge in [-0.3, -0.25) is 9.88 Å². The third-order valence-electron chi connectivity index (χ3n) is 7.65. The van der Waals surface area contributed by atoms with Gasteiger partial charge in [-0.15, -0.1) is 5.10 Å². The van der Waals surface area contributed by atoms with Gasteiger partial charge >= 0.3 is 12.2 Å². The zero-order valence-electron chi connectivity index (χ0n) is 22.0. The van der Waals surface area contributed by atoms with Crippen LogP contribution >= 0.6 is 0 Å². The summed E-state index contributed by atoms with van der Waals surface area (Å²) in [4.78, 5) is 32.8. The number of carbonyl (C=O) groups is 2. The SMILES string of the molecule is CC(C)(C)OC(=O)N1CC2C(C1)C2(C#N)c1ccc(-c2ccc(N3C[C@H](Cn4ccnn4)OC3=O)cc2)cn1. The minimum Gasteiger partial charge on any atom is -0.444 e. The predicted octanol–water partition coefficient (Wildman–Crippen LogP) is 3.62. The monoisotopic (exact) mass is 527 g/mol. The van der Waals surface area contributed by atoms with E-state index >= 15 is 0 Å². The Morgan fingerprint density at radius 1 is 1.13 bits per heavy atom. The molecule has 11 nitrogen and oxygen atoms in total. The minimum atomic E-state index is -0.667. The van der Waals surface area contributed by atoms with E-state index < -0.39 is 11.0 Å². The van der Waals surface area contributed by atoms with Gasteiger partial charge in [-0.05, 0) is 44.5 Å². The first-order valence-corrected chi connectivity index (χ1v) is 13.0. The summed E-state index contributed by atoms with van der Waals surface area (Å²) in [6, 6.07) is 14.0. The summed E-state index contributed by atoms with van der Waals surface area (Å²) in [6.45, 7) is 7.41. The average Bonchev–Trinajstić information content (AvgIpc) is 3.41. The molecule has 3 atom stereocenters. The van der Waals surface area contributed by atoms with Crippen LogP contribution in [0.25, 0.3) is 11.1 Å². The summed E-state index contributed by atoms with van der Waals surface area (Å²) in [6.07, 6.45) is 4.08. The lowest BCUT2D eigenvalue weighted by molar-refractivity contribution is 0.0265. The molecule has 4 heterocycles. The van der Waals surface area contributed by atoms with E-state index in [4.69, 9.17) is 9.47 Å². The van der Waals surface area contributed by atoms with E-state index in [1.807, 2.05) is 57.2 Å². The van der Waals surface area contributed by atoms with Gasteiger partial charge in [0.05, 0.1) is 31.0 Å². The standard InChI is InChI=1S/C28H29N7O4/c1-27(2,3)39-25(36)33-15-22-23(16-33)28(22,17-29)24-9-6-19(12-30-24)18-4-7-20(8-5-18)35-14-21(38-26(35)37)13-34-11-10-31-32-34/h4-12,21-23H,13-16H2,1-3H3/t21-,22?,23?,28?/m0/s1. The molecule has 2 amide bonds. The molecule has 0 spiro atoms. The van der Waals surface area contributed by atoms with Gasteiger partial charge in [0.25, 0.3) is 0 Å². The molecule has 11 heteroatoms. The number of nitriles is 1. The first-order chi connectivity index (χ1) is 18.7. The number of benzene rings is 1. The molecule has 200 valence electrons. The highest BCUT2D eigenvalue weighted by Gasteiger charge is 2.71. The Labute approximate surface area is 225 Å². The van der Waals surface area contributed by atoms with Crippen LogP contribution in [0, 0.1) is 23.2 Å². The Balaban J connectivity index is 1.10. The fraction of sp³-hybridized carbons (Fsp3) is 0.429. The van der Waals surface area contributed by atoms with Gasteiger partial charge in [-0.2, -0.15) is 5.26 Å².